The number of carboxylic acid groups (broad SMARTS) is 1. The van der Waals surface area contributed by atoms with E-state index < -0.39 is 28.6 Å². The second-order valence-electron chi connectivity index (χ2n) is 3.86. The second-order valence-corrected chi connectivity index (χ2v) is 5.60. The van der Waals surface area contributed by atoms with Crippen molar-refractivity contribution in [1.29, 1.82) is 0 Å². The van der Waals surface area contributed by atoms with Gasteiger partial charge in [-0.2, -0.15) is 0 Å². The fourth-order valence-corrected chi connectivity index (χ4v) is 2.64. The molecule has 0 spiro atoms. The number of aliphatic hydroxyl groups excluding tert-OH is 1. The number of carbonyl (C=O) groups is 1. The average molecular weight is 289 g/mol. The van der Waals surface area contributed by atoms with Crippen molar-refractivity contribution in [2.45, 2.75) is 17.9 Å². The highest BCUT2D eigenvalue weighted by Crippen LogP contribution is 2.24. The lowest BCUT2D eigenvalue weighted by molar-refractivity contribution is -0.146. The number of rotatable bonds is 6. The molecule has 0 saturated heterocycles. The topological polar surface area (TPSA) is 113 Å². The maximum absolute atomic E-state index is 12.0. The number of sulfonamides is 1. The van der Waals surface area contributed by atoms with Gasteiger partial charge in [0.2, 0.25) is 10.0 Å². The van der Waals surface area contributed by atoms with Crippen LogP contribution < -0.4 is 9.46 Å². The van der Waals surface area contributed by atoms with Crippen molar-refractivity contribution in [3.05, 3.63) is 23.8 Å². The van der Waals surface area contributed by atoms with Gasteiger partial charge in [0.25, 0.3) is 0 Å². The summed E-state index contributed by atoms with van der Waals surface area (Å²) in [6.45, 7) is 1.10. The Morgan fingerprint density at radius 1 is 1.47 bits per heavy atom. The Morgan fingerprint density at radius 3 is 2.63 bits per heavy atom. The molecule has 1 aromatic carbocycles. The van der Waals surface area contributed by atoms with E-state index in [-0.39, 0.29) is 10.6 Å². The molecule has 0 radical (unpaired) electrons. The summed E-state index contributed by atoms with van der Waals surface area (Å²) >= 11 is 0. The molecule has 0 aromatic heterocycles. The van der Waals surface area contributed by atoms with Gasteiger partial charge in [0.05, 0.1) is 7.11 Å². The van der Waals surface area contributed by atoms with Crippen LogP contribution in [0.15, 0.2) is 23.1 Å². The van der Waals surface area contributed by atoms with Crippen molar-refractivity contribution in [2.24, 2.45) is 0 Å². The summed E-state index contributed by atoms with van der Waals surface area (Å²) in [7, 11) is -2.62. The molecule has 0 amide bonds. The Kier molecular flexibility index (Phi) is 4.87. The van der Waals surface area contributed by atoms with Crippen molar-refractivity contribution < 1.29 is 28.2 Å². The van der Waals surface area contributed by atoms with Crippen LogP contribution in [0.4, 0.5) is 0 Å². The molecule has 3 N–H and O–H groups in total. The minimum absolute atomic E-state index is 0.104. The molecule has 19 heavy (non-hydrogen) atoms. The molecule has 0 aliphatic carbocycles. The number of ether oxygens (including phenoxy) is 1. The molecular weight excluding hydrogens is 274 g/mol. The first-order chi connectivity index (χ1) is 8.77. The lowest BCUT2D eigenvalue weighted by Crippen LogP contribution is -2.36. The fraction of sp³-hybridized carbons (Fsp3) is 0.364. The highest BCUT2D eigenvalue weighted by Gasteiger charge is 2.22. The Morgan fingerprint density at radius 2 is 2.11 bits per heavy atom. The SMILES string of the molecule is COc1ccc(C)cc1S(=O)(=O)NC[C@H](O)C(=O)O. The van der Waals surface area contributed by atoms with Crippen LogP contribution >= 0.6 is 0 Å². The molecule has 1 atom stereocenters. The lowest BCUT2D eigenvalue weighted by Gasteiger charge is -2.12. The summed E-state index contributed by atoms with van der Waals surface area (Å²) in [5, 5.41) is 17.5. The number of carboxylic acids is 1. The van der Waals surface area contributed by atoms with E-state index in [1.807, 2.05) is 4.72 Å². The zero-order valence-corrected chi connectivity index (χ0v) is 11.3. The molecule has 0 aliphatic heterocycles. The lowest BCUT2D eigenvalue weighted by atomic mass is 10.2. The monoisotopic (exact) mass is 289 g/mol. The number of hydrogen-bond donors (Lipinski definition) is 3. The molecular formula is C11H15NO6S. The van der Waals surface area contributed by atoms with Crippen molar-refractivity contribution in [3.8, 4) is 5.75 Å². The van der Waals surface area contributed by atoms with Gasteiger partial charge in [-0.3, -0.25) is 0 Å². The van der Waals surface area contributed by atoms with Gasteiger partial charge in [0.1, 0.15) is 10.6 Å². The highest BCUT2D eigenvalue weighted by molar-refractivity contribution is 7.89. The Balaban J connectivity index is 3.00. The van der Waals surface area contributed by atoms with E-state index >= 15 is 0 Å². The number of methoxy groups -OCH3 is 1. The number of aliphatic carboxylic acids is 1. The molecule has 0 fully saturated rings. The van der Waals surface area contributed by atoms with E-state index in [0.717, 1.165) is 0 Å². The molecule has 0 bridgehead atoms. The van der Waals surface area contributed by atoms with Gasteiger partial charge in [-0.15, -0.1) is 0 Å². The minimum atomic E-state index is -3.95. The Hall–Kier alpha value is -1.64. The maximum atomic E-state index is 12.0. The molecule has 7 nitrogen and oxygen atoms in total. The largest absolute Gasteiger partial charge is 0.495 e. The van der Waals surface area contributed by atoms with Crippen LogP contribution in [0.3, 0.4) is 0 Å². The van der Waals surface area contributed by atoms with Gasteiger partial charge in [0, 0.05) is 6.54 Å². The quantitative estimate of drug-likeness (QED) is 0.664. The van der Waals surface area contributed by atoms with Crippen LogP contribution in [-0.4, -0.2) is 44.4 Å². The molecule has 0 saturated carbocycles. The van der Waals surface area contributed by atoms with E-state index in [1.165, 1.54) is 19.2 Å². The second kappa shape index (κ2) is 6.00. The summed E-state index contributed by atoms with van der Waals surface area (Å²) in [6, 6.07) is 4.58. The number of benzene rings is 1. The number of aryl methyl sites for hydroxylation is 1. The molecule has 106 valence electrons. The third-order valence-electron chi connectivity index (χ3n) is 2.36. The fourth-order valence-electron chi connectivity index (χ4n) is 1.35. The summed E-state index contributed by atoms with van der Waals surface area (Å²) in [4.78, 5) is 10.3. The number of aliphatic hydroxyl groups is 1. The molecule has 8 heteroatoms. The molecule has 0 aliphatic rings. The third-order valence-corrected chi connectivity index (χ3v) is 3.81. The molecule has 0 heterocycles. The van der Waals surface area contributed by atoms with Crippen LogP contribution in [0.5, 0.6) is 5.75 Å². The van der Waals surface area contributed by atoms with Gasteiger partial charge < -0.3 is 14.9 Å². The first kappa shape index (κ1) is 15.4. The summed E-state index contributed by atoms with van der Waals surface area (Å²) in [6.07, 6.45) is -1.80. The molecule has 1 rings (SSSR count). The van der Waals surface area contributed by atoms with Crippen LogP contribution in [-0.2, 0) is 14.8 Å². The Labute approximate surface area is 110 Å². The van der Waals surface area contributed by atoms with Crippen LogP contribution in [0.2, 0.25) is 0 Å². The van der Waals surface area contributed by atoms with Crippen molar-refractivity contribution >= 4 is 16.0 Å². The summed E-state index contributed by atoms with van der Waals surface area (Å²) in [5.74, 6) is -1.36. The first-order valence-electron chi connectivity index (χ1n) is 5.33. The van der Waals surface area contributed by atoms with E-state index in [9.17, 15) is 13.2 Å². The Bertz CT molecular complexity index is 569. The smallest absolute Gasteiger partial charge is 0.333 e. The zero-order chi connectivity index (χ0) is 14.6. The van der Waals surface area contributed by atoms with Crippen molar-refractivity contribution in [1.82, 2.24) is 4.72 Å². The summed E-state index contributed by atoms with van der Waals surface area (Å²) in [5.41, 5.74) is 0.708. The van der Waals surface area contributed by atoms with Gasteiger partial charge in [0.15, 0.2) is 6.10 Å². The summed E-state index contributed by atoms with van der Waals surface area (Å²) < 4.78 is 31.0. The standard InChI is InChI=1S/C11H15NO6S/c1-7-3-4-9(18-2)10(5-7)19(16,17)12-6-8(13)11(14)15/h3-5,8,12-13H,6H2,1-2H3,(H,14,15)/t8-/m0/s1. The van der Waals surface area contributed by atoms with Crippen LogP contribution in [0.25, 0.3) is 0 Å². The highest BCUT2D eigenvalue weighted by atomic mass is 32.2. The van der Waals surface area contributed by atoms with Gasteiger partial charge in [-0.05, 0) is 24.6 Å². The van der Waals surface area contributed by atoms with Crippen molar-refractivity contribution in [3.63, 3.8) is 0 Å². The number of hydrogen-bond acceptors (Lipinski definition) is 5. The number of nitrogens with one attached hydrogen (secondary N) is 1. The molecule has 0 unspecified atom stereocenters. The predicted molar refractivity (Wildman–Crippen MR) is 66.6 cm³/mol. The van der Waals surface area contributed by atoms with E-state index in [0.29, 0.717) is 5.56 Å². The van der Waals surface area contributed by atoms with E-state index in [1.54, 1.807) is 13.0 Å². The molecule has 1 aromatic rings. The van der Waals surface area contributed by atoms with E-state index in [2.05, 4.69) is 0 Å². The maximum Gasteiger partial charge on any atom is 0.333 e. The zero-order valence-electron chi connectivity index (χ0n) is 10.5. The van der Waals surface area contributed by atoms with Gasteiger partial charge >= 0.3 is 5.97 Å². The minimum Gasteiger partial charge on any atom is -0.495 e. The predicted octanol–water partition coefficient (Wildman–Crippen LogP) is -0.273. The van der Waals surface area contributed by atoms with Gasteiger partial charge in [-0.1, -0.05) is 6.07 Å². The van der Waals surface area contributed by atoms with Crippen LogP contribution in [0, 0.1) is 6.92 Å². The first-order valence-corrected chi connectivity index (χ1v) is 6.81. The van der Waals surface area contributed by atoms with Crippen LogP contribution in [0.1, 0.15) is 5.56 Å². The van der Waals surface area contributed by atoms with Crippen molar-refractivity contribution in [2.75, 3.05) is 13.7 Å². The van der Waals surface area contributed by atoms with E-state index in [4.69, 9.17) is 14.9 Å². The van der Waals surface area contributed by atoms with Gasteiger partial charge in [-0.25, -0.2) is 17.9 Å². The average Bonchev–Trinajstić information content (AvgIpc) is 2.35. The third kappa shape index (κ3) is 3.91. The normalized spacial score (nSPS) is 13.0.